The summed E-state index contributed by atoms with van der Waals surface area (Å²) in [6, 6.07) is 7.80. The monoisotopic (exact) mass is 256 g/mol. The molecule has 3 N–H and O–H groups in total. The Bertz CT molecular complexity index is 554. The highest BCUT2D eigenvalue weighted by Gasteiger charge is 2.19. The molecule has 1 unspecified atom stereocenters. The van der Waals surface area contributed by atoms with Crippen molar-refractivity contribution in [1.82, 2.24) is 0 Å². The first-order chi connectivity index (χ1) is 9.03. The predicted molar refractivity (Wildman–Crippen MR) is 71.9 cm³/mol. The first-order valence-corrected chi connectivity index (χ1v) is 6.04. The number of amides is 1. The minimum absolute atomic E-state index is 0.0776. The Balaban J connectivity index is 2.87. The van der Waals surface area contributed by atoms with Crippen LogP contribution in [0.3, 0.4) is 0 Å². The second kappa shape index (κ2) is 6.53. The molecule has 0 saturated carbocycles. The fourth-order valence-electron chi connectivity index (χ4n) is 1.55. The number of benzene rings is 1. The van der Waals surface area contributed by atoms with E-state index in [9.17, 15) is 4.79 Å². The van der Waals surface area contributed by atoms with Gasteiger partial charge in [-0.15, -0.1) is 0 Å². The van der Waals surface area contributed by atoms with E-state index in [2.05, 4.69) is 5.32 Å². The third-order valence-corrected chi connectivity index (χ3v) is 3.09. The lowest BCUT2D eigenvalue weighted by molar-refractivity contribution is -0.118. The van der Waals surface area contributed by atoms with E-state index in [1.807, 2.05) is 26.0 Å². The van der Waals surface area contributed by atoms with E-state index in [1.165, 1.54) is 12.1 Å². The van der Waals surface area contributed by atoms with Gasteiger partial charge in [0.2, 0.25) is 5.91 Å². The molecular formula is C14H16N4O. The molecule has 0 aromatic heterocycles. The third kappa shape index (κ3) is 3.54. The molecule has 5 heteroatoms. The van der Waals surface area contributed by atoms with Crippen LogP contribution in [-0.4, -0.2) is 11.9 Å². The van der Waals surface area contributed by atoms with Crippen molar-refractivity contribution >= 4 is 11.6 Å². The maximum atomic E-state index is 11.9. The van der Waals surface area contributed by atoms with Gasteiger partial charge in [-0.1, -0.05) is 20.3 Å². The normalized spacial score (nSPS) is 12.9. The Hall–Kier alpha value is -2.37. The molecule has 0 saturated heterocycles. The summed E-state index contributed by atoms with van der Waals surface area (Å²) in [5.74, 6) is -0.211. The molecule has 1 aromatic carbocycles. The number of nitriles is 2. The molecule has 0 aliphatic rings. The molecule has 0 fully saturated rings. The van der Waals surface area contributed by atoms with Crippen molar-refractivity contribution in [3.8, 4) is 12.1 Å². The van der Waals surface area contributed by atoms with E-state index in [-0.39, 0.29) is 23.0 Å². The molecule has 0 aliphatic carbocycles. The summed E-state index contributed by atoms with van der Waals surface area (Å²) in [4.78, 5) is 11.9. The van der Waals surface area contributed by atoms with E-state index in [4.69, 9.17) is 16.3 Å². The van der Waals surface area contributed by atoms with Crippen LogP contribution in [0.4, 0.5) is 5.69 Å². The standard InChI is InChI=1S/C14H16N4O/c1-3-9(2)13(17)14(19)18-12-5-4-10(7-15)11(6-12)8-16/h4-6,9,13H,3,17H2,1-2H3,(H,18,19)/t9?,13-/m0/s1. The lowest BCUT2D eigenvalue weighted by Gasteiger charge is -2.17. The van der Waals surface area contributed by atoms with Gasteiger partial charge in [0.05, 0.1) is 17.2 Å². The van der Waals surface area contributed by atoms with Crippen LogP contribution < -0.4 is 11.1 Å². The van der Waals surface area contributed by atoms with Crippen LogP contribution in [-0.2, 0) is 4.79 Å². The molecule has 0 radical (unpaired) electrons. The number of nitrogens with one attached hydrogen (secondary N) is 1. The number of anilines is 1. The molecule has 0 bridgehead atoms. The summed E-state index contributed by atoms with van der Waals surface area (Å²) in [5.41, 5.74) is 6.81. The largest absolute Gasteiger partial charge is 0.325 e. The van der Waals surface area contributed by atoms with Crippen LogP contribution >= 0.6 is 0 Å². The van der Waals surface area contributed by atoms with Crippen LogP contribution in [0.1, 0.15) is 31.4 Å². The van der Waals surface area contributed by atoms with Gasteiger partial charge in [-0.05, 0) is 24.1 Å². The van der Waals surface area contributed by atoms with Crippen molar-refractivity contribution in [3.63, 3.8) is 0 Å². The Morgan fingerprint density at radius 2 is 2.00 bits per heavy atom. The molecule has 1 rings (SSSR count). The fourth-order valence-corrected chi connectivity index (χ4v) is 1.55. The van der Waals surface area contributed by atoms with Crippen LogP contribution in [0.15, 0.2) is 18.2 Å². The average molecular weight is 256 g/mol. The zero-order valence-corrected chi connectivity index (χ0v) is 11.0. The second-order valence-corrected chi connectivity index (χ2v) is 4.38. The number of carbonyl (C=O) groups is 1. The Labute approximate surface area is 112 Å². The van der Waals surface area contributed by atoms with E-state index >= 15 is 0 Å². The van der Waals surface area contributed by atoms with Crippen molar-refractivity contribution in [2.75, 3.05) is 5.32 Å². The van der Waals surface area contributed by atoms with Gasteiger partial charge in [0.25, 0.3) is 0 Å². The summed E-state index contributed by atoms with van der Waals surface area (Å²) >= 11 is 0. The number of hydrogen-bond acceptors (Lipinski definition) is 4. The fraction of sp³-hybridized carbons (Fsp3) is 0.357. The summed E-state index contributed by atoms with van der Waals surface area (Å²) in [5, 5.41) is 20.4. The van der Waals surface area contributed by atoms with Gasteiger partial charge in [-0.25, -0.2) is 0 Å². The number of hydrogen-bond donors (Lipinski definition) is 2. The molecule has 0 aliphatic heterocycles. The minimum Gasteiger partial charge on any atom is -0.325 e. The first-order valence-electron chi connectivity index (χ1n) is 6.04. The maximum Gasteiger partial charge on any atom is 0.241 e. The van der Waals surface area contributed by atoms with Gasteiger partial charge < -0.3 is 11.1 Å². The second-order valence-electron chi connectivity index (χ2n) is 4.38. The molecule has 19 heavy (non-hydrogen) atoms. The van der Waals surface area contributed by atoms with Gasteiger partial charge in [0.1, 0.15) is 12.1 Å². The summed E-state index contributed by atoms with van der Waals surface area (Å²) in [6.45, 7) is 3.87. The molecular weight excluding hydrogens is 240 g/mol. The van der Waals surface area contributed by atoms with Crippen LogP contribution in [0, 0.1) is 28.6 Å². The van der Waals surface area contributed by atoms with Crippen molar-refractivity contribution in [2.24, 2.45) is 11.7 Å². The van der Waals surface area contributed by atoms with Crippen molar-refractivity contribution in [2.45, 2.75) is 26.3 Å². The number of nitrogens with two attached hydrogens (primary N) is 1. The molecule has 98 valence electrons. The van der Waals surface area contributed by atoms with Gasteiger partial charge in [0, 0.05) is 5.69 Å². The molecule has 0 heterocycles. The highest BCUT2D eigenvalue weighted by molar-refractivity contribution is 5.95. The van der Waals surface area contributed by atoms with Crippen molar-refractivity contribution in [3.05, 3.63) is 29.3 Å². The third-order valence-electron chi connectivity index (χ3n) is 3.09. The maximum absolute atomic E-state index is 11.9. The lowest BCUT2D eigenvalue weighted by atomic mass is 9.99. The van der Waals surface area contributed by atoms with Crippen LogP contribution in [0.25, 0.3) is 0 Å². The SMILES string of the molecule is CCC(C)[C@H](N)C(=O)Nc1ccc(C#N)c(C#N)c1. The van der Waals surface area contributed by atoms with Gasteiger partial charge in [-0.3, -0.25) is 4.79 Å². The molecule has 0 spiro atoms. The highest BCUT2D eigenvalue weighted by Crippen LogP contribution is 2.16. The topological polar surface area (TPSA) is 103 Å². The average Bonchev–Trinajstić information content (AvgIpc) is 2.45. The zero-order valence-electron chi connectivity index (χ0n) is 11.0. The zero-order chi connectivity index (χ0) is 14.4. The van der Waals surface area contributed by atoms with E-state index in [0.29, 0.717) is 5.69 Å². The first kappa shape index (κ1) is 14.7. The smallest absolute Gasteiger partial charge is 0.241 e. The molecule has 1 amide bonds. The Kier molecular flexibility index (Phi) is 5.05. The number of rotatable bonds is 4. The summed E-state index contributed by atoms with van der Waals surface area (Å²) < 4.78 is 0. The van der Waals surface area contributed by atoms with E-state index in [0.717, 1.165) is 6.42 Å². The van der Waals surface area contributed by atoms with Gasteiger partial charge in [0.15, 0.2) is 0 Å². The van der Waals surface area contributed by atoms with Crippen molar-refractivity contribution in [1.29, 1.82) is 10.5 Å². The predicted octanol–water partition coefficient (Wildman–Crippen LogP) is 1.74. The van der Waals surface area contributed by atoms with Crippen LogP contribution in [0.5, 0.6) is 0 Å². The van der Waals surface area contributed by atoms with Gasteiger partial charge in [-0.2, -0.15) is 10.5 Å². The number of carbonyl (C=O) groups excluding carboxylic acids is 1. The lowest BCUT2D eigenvalue weighted by Crippen LogP contribution is -2.40. The highest BCUT2D eigenvalue weighted by atomic mass is 16.2. The van der Waals surface area contributed by atoms with E-state index in [1.54, 1.807) is 6.07 Å². The quantitative estimate of drug-likeness (QED) is 0.856. The number of nitrogens with zero attached hydrogens (tertiary/aromatic N) is 2. The molecule has 2 atom stereocenters. The van der Waals surface area contributed by atoms with E-state index < -0.39 is 6.04 Å². The molecule has 1 aromatic rings. The summed E-state index contributed by atoms with van der Waals surface area (Å²) in [6.07, 6.45) is 0.811. The van der Waals surface area contributed by atoms with Gasteiger partial charge >= 0.3 is 0 Å². The Morgan fingerprint density at radius 1 is 1.37 bits per heavy atom. The minimum atomic E-state index is -0.592. The van der Waals surface area contributed by atoms with Crippen molar-refractivity contribution < 1.29 is 4.79 Å². The summed E-state index contributed by atoms with van der Waals surface area (Å²) in [7, 11) is 0. The molecule has 5 nitrogen and oxygen atoms in total. The Morgan fingerprint density at radius 3 is 2.53 bits per heavy atom. The van der Waals surface area contributed by atoms with Crippen LogP contribution in [0.2, 0.25) is 0 Å².